The van der Waals surface area contributed by atoms with E-state index >= 15 is 0 Å². The SMILES string of the molecule is CCCN(C)S(=O)(=O)c1cc(CN)n(C(C)C)c1. The second-order valence-corrected chi connectivity index (χ2v) is 6.74. The molecule has 0 atom stereocenters. The molecular weight excluding hydrogens is 250 g/mol. The molecule has 1 aromatic heterocycles. The van der Waals surface area contributed by atoms with Crippen molar-refractivity contribution in [3.05, 3.63) is 18.0 Å². The van der Waals surface area contributed by atoms with E-state index in [-0.39, 0.29) is 6.04 Å². The highest BCUT2D eigenvalue weighted by Gasteiger charge is 2.23. The minimum atomic E-state index is -3.39. The molecular formula is C12H23N3O2S. The highest BCUT2D eigenvalue weighted by Crippen LogP contribution is 2.21. The zero-order chi connectivity index (χ0) is 13.9. The molecule has 0 aromatic carbocycles. The highest BCUT2D eigenvalue weighted by atomic mass is 32.2. The number of hydrogen-bond donors (Lipinski definition) is 1. The number of sulfonamides is 1. The van der Waals surface area contributed by atoms with Crippen LogP contribution in [0.3, 0.4) is 0 Å². The van der Waals surface area contributed by atoms with Crippen molar-refractivity contribution >= 4 is 10.0 Å². The molecule has 1 aromatic rings. The molecule has 0 bridgehead atoms. The first-order chi connectivity index (χ1) is 8.34. The van der Waals surface area contributed by atoms with Gasteiger partial charge in [0.25, 0.3) is 0 Å². The summed E-state index contributed by atoms with van der Waals surface area (Å²) < 4.78 is 27.9. The van der Waals surface area contributed by atoms with E-state index in [1.54, 1.807) is 19.3 Å². The minimum absolute atomic E-state index is 0.198. The standard InChI is InChI=1S/C12H23N3O2S/c1-5-6-14(4)18(16,17)12-7-11(8-13)15(9-12)10(2)3/h7,9-10H,5-6,8,13H2,1-4H3. The summed E-state index contributed by atoms with van der Waals surface area (Å²) in [5, 5.41) is 0. The monoisotopic (exact) mass is 273 g/mol. The second-order valence-electron chi connectivity index (χ2n) is 4.70. The van der Waals surface area contributed by atoms with Crippen LogP contribution in [0.1, 0.15) is 38.9 Å². The summed E-state index contributed by atoms with van der Waals surface area (Å²) in [4.78, 5) is 0.326. The van der Waals surface area contributed by atoms with Crippen LogP contribution < -0.4 is 5.73 Å². The molecule has 5 nitrogen and oxygen atoms in total. The lowest BCUT2D eigenvalue weighted by molar-refractivity contribution is 0.468. The van der Waals surface area contributed by atoms with Crippen molar-refractivity contribution < 1.29 is 8.42 Å². The van der Waals surface area contributed by atoms with Gasteiger partial charge in [-0.3, -0.25) is 0 Å². The Morgan fingerprint density at radius 3 is 2.44 bits per heavy atom. The van der Waals surface area contributed by atoms with Gasteiger partial charge in [-0.15, -0.1) is 0 Å². The Morgan fingerprint density at radius 1 is 1.44 bits per heavy atom. The Kier molecular flexibility index (Phi) is 4.95. The quantitative estimate of drug-likeness (QED) is 0.855. The van der Waals surface area contributed by atoms with Crippen LogP contribution in [-0.2, 0) is 16.6 Å². The van der Waals surface area contributed by atoms with Gasteiger partial charge < -0.3 is 10.3 Å². The summed E-state index contributed by atoms with van der Waals surface area (Å²) >= 11 is 0. The molecule has 0 saturated carbocycles. The first-order valence-electron chi connectivity index (χ1n) is 6.21. The van der Waals surface area contributed by atoms with Crippen LogP contribution in [-0.4, -0.2) is 30.9 Å². The predicted octanol–water partition coefficient (Wildman–Crippen LogP) is 1.56. The van der Waals surface area contributed by atoms with Gasteiger partial charge in [0.1, 0.15) is 4.90 Å². The van der Waals surface area contributed by atoms with Gasteiger partial charge in [0.05, 0.1) is 0 Å². The van der Waals surface area contributed by atoms with Crippen LogP contribution >= 0.6 is 0 Å². The largest absolute Gasteiger partial charge is 0.346 e. The number of hydrogen-bond acceptors (Lipinski definition) is 3. The molecule has 2 N–H and O–H groups in total. The van der Waals surface area contributed by atoms with Gasteiger partial charge in [0, 0.05) is 38.1 Å². The molecule has 0 saturated heterocycles. The first kappa shape index (κ1) is 15.2. The number of aromatic nitrogens is 1. The van der Waals surface area contributed by atoms with Gasteiger partial charge in [0.15, 0.2) is 0 Å². The maximum absolute atomic E-state index is 12.3. The molecule has 104 valence electrons. The van der Waals surface area contributed by atoms with E-state index < -0.39 is 10.0 Å². The molecule has 0 aliphatic heterocycles. The molecule has 1 rings (SSSR count). The fourth-order valence-corrected chi connectivity index (χ4v) is 3.21. The van der Waals surface area contributed by atoms with E-state index in [0.29, 0.717) is 18.0 Å². The van der Waals surface area contributed by atoms with Crippen LogP contribution in [0.2, 0.25) is 0 Å². The third kappa shape index (κ3) is 2.93. The fraction of sp³-hybridized carbons (Fsp3) is 0.667. The first-order valence-corrected chi connectivity index (χ1v) is 7.65. The average molecular weight is 273 g/mol. The molecule has 1 heterocycles. The van der Waals surface area contributed by atoms with Gasteiger partial charge in [-0.05, 0) is 26.3 Å². The molecule has 6 heteroatoms. The molecule has 0 aliphatic rings. The lowest BCUT2D eigenvalue weighted by Gasteiger charge is -2.15. The van der Waals surface area contributed by atoms with Gasteiger partial charge in [0.2, 0.25) is 10.0 Å². The van der Waals surface area contributed by atoms with Gasteiger partial charge in [-0.1, -0.05) is 6.92 Å². The molecule has 0 aliphatic carbocycles. The summed E-state index contributed by atoms with van der Waals surface area (Å²) in [7, 11) is -1.78. The van der Waals surface area contributed by atoms with E-state index in [1.807, 2.05) is 25.3 Å². The van der Waals surface area contributed by atoms with Crippen LogP contribution in [0.4, 0.5) is 0 Å². The molecule has 0 radical (unpaired) electrons. The van der Waals surface area contributed by atoms with Crippen molar-refractivity contribution in [3.63, 3.8) is 0 Å². The van der Waals surface area contributed by atoms with Gasteiger partial charge in [-0.2, -0.15) is 0 Å². The van der Waals surface area contributed by atoms with E-state index in [4.69, 9.17) is 5.73 Å². The van der Waals surface area contributed by atoms with E-state index in [9.17, 15) is 8.42 Å². The summed E-state index contributed by atoms with van der Waals surface area (Å²) in [6.07, 6.45) is 2.47. The van der Waals surface area contributed by atoms with Crippen LogP contribution in [0, 0.1) is 0 Å². The van der Waals surface area contributed by atoms with Crippen molar-refractivity contribution in [1.82, 2.24) is 8.87 Å². The number of rotatable bonds is 6. The number of nitrogens with zero attached hydrogens (tertiary/aromatic N) is 2. The molecule has 0 amide bonds. The lowest BCUT2D eigenvalue weighted by atomic mass is 10.3. The summed E-state index contributed by atoms with van der Waals surface area (Å²) in [6.45, 7) is 6.82. The molecule has 0 spiro atoms. The van der Waals surface area contributed by atoms with E-state index in [0.717, 1.165) is 12.1 Å². The maximum atomic E-state index is 12.3. The Labute approximate surface area is 110 Å². The topological polar surface area (TPSA) is 68.3 Å². The third-order valence-electron chi connectivity index (χ3n) is 2.92. The maximum Gasteiger partial charge on any atom is 0.244 e. The minimum Gasteiger partial charge on any atom is -0.346 e. The zero-order valence-corrected chi connectivity index (χ0v) is 12.4. The molecule has 0 unspecified atom stereocenters. The van der Waals surface area contributed by atoms with Crippen LogP contribution in [0.25, 0.3) is 0 Å². The second kappa shape index (κ2) is 5.86. The van der Waals surface area contributed by atoms with E-state index in [1.165, 1.54) is 4.31 Å². The third-order valence-corrected chi connectivity index (χ3v) is 4.74. The average Bonchev–Trinajstić information content (AvgIpc) is 2.73. The summed E-state index contributed by atoms with van der Waals surface area (Å²) in [6, 6.07) is 1.87. The Hall–Kier alpha value is -0.850. The lowest BCUT2D eigenvalue weighted by Crippen LogP contribution is -2.27. The van der Waals surface area contributed by atoms with Crippen molar-refractivity contribution in [3.8, 4) is 0 Å². The van der Waals surface area contributed by atoms with Gasteiger partial charge >= 0.3 is 0 Å². The zero-order valence-electron chi connectivity index (χ0n) is 11.5. The van der Waals surface area contributed by atoms with Gasteiger partial charge in [-0.25, -0.2) is 12.7 Å². The highest BCUT2D eigenvalue weighted by molar-refractivity contribution is 7.89. The normalized spacial score (nSPS) is 12.6. The van der Waals surface area contributed by atoms with Crippen LogP contribution in [0.5, 0.6) is 0 Å². The Morgan fingerprint density at radius 2 is 2.06 bits per heavy atom. The predicted molar refractivity (Wildman–Crippen MR) is 72.8 cm³/mol. The Bertz CT molecular complexity index is 491. The molecule has 18 heavy (non-hydrogen) atoms. The summed E-state index contributed by atoms with van der Waals surface area (Å²) in [5.74, 6) is 0. The smallest absolute Gasteiger partial charge is 0.244 e. The van der Waals surface area contributed by atoms with Crippen molar-refractivity contribution in [2.45, 2.75) is 44.7 Å². The number of nitrogens with two attached hydrogens (primary N) is 1. The summed E-state index contributed by atoms with van der Waals surface area (Å²) in [5.41, 5.74) is 6.49. The van der Waals surface area contributed by atoms with Crippen molar-refractivity contribution in [2.75, 3.05) is 13.6 Å². The fourth-order valence-electron chi connectivity index (χ4n) is 1.90. The van der Waals surface area contributed by atoms with Crippen molar-refractivity contribution in [2.24, 2.45) is 5.73 Å². The van der Waals surface area contributed by atoms with E-state index in [2.05, 4.69) is 0 Å². The Balaban J connectivity index is 3.18. The molecule has 0 fully saturated rings. The van der Waals surface area contributed by atoms with Crippen LogP contribution in [0.15, 0.2) is 17.2 Å². The van der Waals surface area contributed by atoms with Crippen molar-refractivity contribution in [1.29, 1.82) is 0 Å².